The smallest absolute Gasteiger partial charge is 0.268 e. The minimum Gasteiger partial charge on any atom is -0.378 e. The number of carbonyl (C=O) groups excluding carboxylic acids is 1. The molecule has 0 radical (unpaired) electrons. The molecule has 0 N–H and O–H groups in total. The largest absolute Gasteiger partial charge is 0.378 e. The summed E-state index contributed by atoms with van der Waals surface area (Å²) in [5.41, 5.74) is 2.61. The van der Waals surface area contributed by atoms with Crippen molar-refractivity contribution in [3.8, 4) is 0 Å². The number of anilines is 2. The maximum atomic E-state index is 15.2. The monoisotopic (exact) mass is 497 g/mol. The maximum absolute atomic E-state index is 15.2. The number of rotatable bonds is 7. The number of morpholine rings is 1. The van der Waals surface area contributed by atoms with Gasteiger partial charge in [0.1, 0.15) is 5.82 Å². The average Bonchev–Trinajstić information content (AvgIpc) is 3.42. The van der Waals surface area contributed by atoms with Crippen LogP contribution in [0, 0.1) is 23.6 Å². The summed E-state index contributed by atoms with van der Waals surface area (Å²) in [6, 6.07) is 11.2. The number of nitrogens with zero attached hydrogens (tertiary/aromatic N) is 3. The van der Waals surface area contributed by atoms with Crippen molar-refractivity contribution >= 4 is 40.0 Å². The molecule has 2 aromatic heterocycles. The van der Waals surface area contributed by atoms with E-state index in [4.69, 9.17) is 4.74 Å². The van der Waals surface area contributed by atoms with Crippen LogP contribution in [0.15, 0.2) is 52.5 Å². The zero-order valence-electron chi connectivity index (χ0n) is 18.9. The zero-order chi connectivity index (χ0) is 23.1. The quantitative estimate of drug-likeness (QED) is 0.469. The average molecular weight is 498 g/mol. The Morgan fingerprint density at radius 1 is 1.12 bits per heavy atom. The summed E-state index contributed by atoms with van der Waals surface area (Å²) in [7, 11) is 0. The summed E-state index contributed by atoms with van der Waals surface area (Å²) >= 11 is 3.19. The first-order chi connectivity index (χ1) is 16.7. The summed E-state index contributed by atoms with van der Waals surface area (Å²) in [4.78, 5) is 20.5. The molecule has 8 heteroatoms. The molecule has 6 rings (SSSR count). The zero-order valence-corrected chi connectivity index (χ0v) is 20.6. The predicted octanol–water partition coefficient (Wildman–Crippen LogP) is 4.81. The van der Waals surface area contributed by atoms with Gasteiger partial charge in [-0.15, -0.1) is 11.3 Å². The van der Waals surface area contributed by atoms with Crippen LogP contribution in [-0.2, 0) is 11.3 Å². The van der Waals surface area contributed by atoms with Crippen molar-refractivity contribution in [1.82, 2.24) is 4.90 Å². The highest BCUT2D eigenvalue weighted by Crippen LogP contribution is 2.52. The number of amides is 1. The van der Waals surface area contributed by atoms with Gasteiger partial charge in [-0.3, -0.25) is 9.69 Å². The Kier molecular flexibility index (Phi) is 6.15. The SMILES string of the molecule is O=C(c1cccs1)N(CC1C2CN(Cc3ccsc3)CC21)c1ccc(N2CCOCC2)c(F)c1. The van der Waals surface area contributed by atoms with E-state index >= 15 is 4.39 Å². The molecular formula is C26H28FN3O2S2. The van der Waals surface area contributed by atoms with Crippen LogP contribution in [0.5, 0.6) is 0 Å². The van der Waals surface area contributed by atoms with Crippen molar-refractivity contribution in [2.45, 2.75) is 6.54 Å². The lowest BCUT2D eigenvalue weighted by Gasteiger charge is -2.30. The van der Waals surface area contributed by atoms with Crippen molar-refractivity contribution in [3.63, 3.8) is 0 Å². The van der Waals surface area contributed by atoms with Crippen molar-refractivity contribution in [3.05, 3.63) is 68.8 Å². The molecule has 5 nitrogen and oxygen atoms in total. The Labute approximate surface area is 207 Å². The van der Waals surface area contributed by atoms with E-state index in [0.717, 1.165) is 19.6 Å². The highest BCUT2D eigenvalue weighted by molar-refractivity contribution is 7.12. The third kappa shape index (κ3) is 4.40. The van der Waals surface area contributed by atoms with E-state index in [9.17, 15) is 4.79 Å². The highest BCUT2D eigenvalue weighted by atomic mass is 32.1. The third-order valence-corrected chi connectivity index (χ3v) is 8.99. The number of likely N-dealkylation sites (tertiary alicyclic amines) is 1. The van der Waals surface area contributed by atoms with Crippen LogP contribution in [0.2, 0.25) is 0 Å². The van der Waals surface area contributed by atoms with Gasteiger partial charge in [0.25, 0.3) is 5.91 Å². The number of ether oxygens (including phenoxy) is 1. The van der Waals surface area contributed by atoms with E-state index in [0.29, 0.717) is 66.9 Å². The normalized spacial score (nSPS) is 24.3. The van der Waals surface area contributed by atoms with Gasteiger partial charge < -0.3 is 14.5 Å². The van der Waals surface area contributed by atoms with Gasteiger partial charge in [0.05, 0.1) is 23.8 Å². The van der Waals surface area contributed by atoms with E-state index in [2.05, 4.69) is 21.7 Å². The summed E-state index contributed by atoms with van der Waals surface area (Å²) in [6.45, 7) is 6.40. The Morgan fingerprint density at radius 3 is 2.62 bits per heavy atom. The number of hydrogen-bond donors (Lipinski definition) is 0. The van der Waals surface area contributed by atoms with E-state index in [1.807, 2.05) is 39.4 Å². The Hall–Kier alpha value is -2.26. The van der Waals surface area contributed by atoms with Crippen LogP contribution in [0.3, 0.4) is 0 Å². The number of hydrogen-bond acceptors (Lipinski definition) is 6. The molecule has 4 heterocycles. The molecule has 3 fully saturated rings. The van der Waals surface area contributed by atoms with Crippen LogP contribution in [-0.4, -0.2) is 56.7 Å². The minimum atomic E-state index is -0.277. The van der Waals surface area contributed by atoms with Crippen molar-refractivity contribution in [2.75, 3.05) is 55.7 Å². The lowest BCUT2D eigenvalue weighted by molar-refractivity contribution is 0.0988. The molecule has 1 aliphatic carbocycles. The molecule has 2 saturated heterocycles. The topological polar surface area (TPSA) is 36.0 Å². The lowest BCUT2D eigenvalue weighted by atomic mass is 10.1. The summed E-state index contributed by atoms with van der Waals surface area (Å²) < 4.78 is 20.6. The number of fused-ring (bicyclic) bond motifs is 1. The lowest BCUT2D eigenvalue weighted by Crippen LogP contribution is -2.37. The first kappa shape index (κ1) is 22.2. The van der Waals surface area contributed by atoms with Crippen LogP contribution < -0.4 is 9.80 Å². The molecule has 2 aliphatic heterocycles. The predicted molar refractivity (Wildman–Crippen MR) is 135 cm³/mol. The van der Waals surface area contributed by atoms with E-state index in [1.165, 1.54) is 23.0 Å². The van der Waals surface area contributed by atoms with Crippen molar-refractivity contribution in [2.24, 2.45) is 17.8 Å². The second kappa shape index (κ2) is 9.41. The molecule has 0 bridgehead atoms. The first-order valence-electron chi connectivity index (χ1n) is 11.9. The third-order valence-electron chi connectivity index (χ3n) is 7.40. The maximum Gasteiger partial charge on any atom is 0.268 e. The van der Waals surface area contributed by atoms with Gasteiger partial charge in [0.2, 0.25) is 0 Å². The summed E-state index contributed by atoms with van der Waals surface area (Å²) in [5, 5.41) is 6.27. The highest BCUT2D eigenvalue weighted by Gasteiger charge is 2.56. The Morgan fingerprint density at radius 2 is 1.94 bits per heavy atom. The van der Waals surface area contributed by atoms with Gasteiger partial charge in [-0.25, -0.2) is 4.39 Å². The Bertz CT molecular complexity index is 1120. The molecule has 1 amide bonds. The molecule has 3 aliphatic rings. The fourth-order valence-corrected chi connectivity index (χ4v) is 6.88. The number of thiophene rings is 2. The van der Waals surface area contributed by atoms with Gasteiger partial charge in [-0.1, -0.05) is 6.07 Å². The molecule has 1 aromatic carbocycles. The van der Waals surface area contributed by atoms with Crippen LogP contribution >= 0.6 is 22.7 Å². The van der Waals surface area contributed by atoms with Gasteiger partial charge in [-0.05, 0) is 69.8 Å². The van der Waals surface area contributed by atoms with Crippen LogP contribution in [0.4, 0.5) is 15.8 Å². The number of benzene rings is 1. The standard InChI is InChI=1S/C26H28FN3O2S2/c27-23-12-19(3-4-24(23)29-6-8-32-9-7-29)30(26(31)25-2-1-10-34-25)16-22-20-14-28(15-21(20)22)13-18-5-11-33-17-18/h1-5,10-12,17,20-22H,6-9,13-16H2. The van der Waals surface area contributed by atoms with Gasteiger partial charge in [0.15, 0.2) is 0 Å². The molecule has 2 atom stereocenters. The fraction of sp³-hybridized carbons (Fsp3) is 0.423. The van der Waals surface area contributed by atoms with Gasteiger partial charge in [-0.2, -0.15) is 11.3 Å². The molecule has 1 saturated carbocycles. The number of piperidine rings is 1. The summed E-state index contributed by atoms with van der Waals surface area (Å²) in [6.07, 6.45) is 0. The van der Waals surface area contributed by atoms with Gasteiger partial charge >= 0.3 is 0 Å². The summed E-state index contributed by atoms with van der Waals surface area (Å²) in [5.74, 6) is 1.41. The Balaban J connectivity index is 1.18. The van der Waals surface area contributed by atoms with Gasteiger partial charge in [0, 0.05) is 45.0 Å². The minimum absolute atomic E-state index is 0.0337. The fourth-order valence-electron chi connectivity index (χ4n) is 5.55. The second-order valence-electron chi connectivity index (χ2n) is 9.45. The van der Waals surface area contributed by atoms with Crippen molar-refractivity contribution < 1.29 is 13.9 Å². The van der Waals surface area contributed by atoms with E-state index < -0.39 is 0 Å². The molecular weight excluding hydrogens is 469 g/mol. The van der Waals surface area contributed by atoms with E-state index in [-0.39, 0.29) is 11.7 Å². The molecule has 2 unspecified atom stereocenters. The number of carbonyl (C=O) groups is 1. The van der Waals surface area contributed by atoms with Crippen LogP contribution in [0.25, 0.3) is 0 Å². The van der Waals surface area contributed by atoms with Crippen molar-refractivity contribution in [1.29, 1.82) is 0 Å². The first-order valence-corrected chi connectivity index (χ1v) is 13.7. The molecule has 0 spiro atoms. The van der Waals surface area contributed by atoms with Crippen LogP contribution in [0.1, 0.15) is 15.2 Å². The second-order valence-corrected chi connectivity index (χ2v) is 11.2. The van der Waals surface area contributed by atoms with E-state index in [1.54, 1.807) is 11.3 Å². The molecule has 178 valence electrons. The number of halogens is 1. The molecule has 3 aromatic rings. The molecule has 34 heavy (non-hydrogen) atoms.